The third-order valence-corrected chi connectivity index (χ3v) is 7.04. The highest BCUT2D eigenvalue weighted by Crippen LogP contribution is 2.48. The monoisotopic (exact) mass is 512 g/mol. The van der Waals surface area contributed by atoms with Crippen LogP contribution in [0.2, 0.25) is 5.02 Å². The molecule has 0 amide bonds. The minimum Gasteiger partial charge on any atom is -0.493 e. The molecule has 0 radical (unpaired) electrons. The molecule has 2 aromatic rings. The number of ketones is 1. The molecular weight excluding hydrogens is 492 g/mol. The zero-order valence-corrected chi connectivity index (χ0v) is 20.3. The Hall–Kier alpha value is -2.75. The number of hydrogen-bond acceptors (Lipinski definition) is 5. The summed E-state index contributed by atoms with van der Waals surface area (Å²) >= 11 is 9.66. The standard InChI is InChI=1S/C25H22BrClN2O3/c1-13-18(12-28)24(17-10-22(31-2)23(32-3)11-19(17)26)25-20(29-13)8-15(9-21(25)30)14-4-6-16(27)7-5-14/h4-7,10-11,15,24,29H,8-9H2,1-3H3/t15-,24+/m1/s1. The fourth-order valence-corrected chi connectivity index (χ4v) is 5.24. The molecule has 5 nitrogen and oxygen atoms in total. The second-order valence-corrected chi connectivity index (χ2v) is 9.20. The van der Waals surface area contributed by atoms with Crippen LogP contribution in [0.4, 0.5) is 0 Å². The number of nitrogens with one attached hydrogen (secondary N) is 1. The number of allylic oxidation sites excluding steroid dienone is 4. The summed E-state index contributed by atoms with van der Waals surface area (Å²) in [5, 5.41) is 14.0. The first kappa shape index (κ1) is 22.4. The minimum atomic E-state index is -0.482. The van der Waals surface area contributed by atoms with Crippen LogP contribution < -0.4 is 14.8 Å². The summed E-state index contributed by atoms with van der Waals surface area (Å²) in [6.07, 6.45) is 1.06. The summed E-state index contributed by atoms with van der Waals surface area (Å²) < 4.78 is 11.6. The van der Waals surface area contributed by atoms with Crippen molar-refractivity contribution in [2.24, 2.45) is 0 Å². The molecule has 1 heterocycles. The number of carbonyl (C=O) groups is 1. The number of dihydropyridines is 1. The Morgan fingerprint density at radius 2 is 1.78 bits per heavy atom. The molecule has 0 saturated carbocycles. The van der Waals surface area contributed by atoms with Crippen LogP contribution in [0.3, 0.4) is 0 Å². The number of Topliss-reactive ketones (excluding diaryl/α,β-unsaturated/α-hetero) is 1. The second-order valence-electron chi connectivity index (χ2n) is 7.91. The highest BCUT2D eigenvalue weighted by atomic mass is 79.9. The molecule has 0 spiro atoms. The lowest BCUT2D eigenvalue weighted by atomic mass is 9.72. The van der Waals surface area contributed by atoms with Crippen molar-refractivity contribution in [1.29, 1.82) is 5.26 Å². The van der Waals surface area contributed by atoms with E-state index in [4.69, 9.17) is 21.1 Å². The van der Waals surface area contributed by atoms with Gasteiger partial charge in [0.2, 0.25) is 0 Å². The van der Waals surface area contributed by atoms with Crippen LogP contribution in [0, 0.1) is 11.3 Å². The van der Waals surface area contributed by atoms with Crippen molar-refractivity contribution in [3.8, 4) is 17.6 Å². The lowest BCUT2D eigenvalue weighted by Gasteiger charge is -2.36. The van der Waals surface area contributed by atoms with Crippen molar-refractivity contribution in [2.75, 3.05) is 14.2 Å². The second kappa shape index (κ2) is 9.01. The number of ether oxygens (including phenoxy) is 2. The summed E-state index contributed by atoms with van der Waals surface area (Å²) in [6.45, 7) is 1.88. The molecule has 32 heavy (non-hydrogen) atoms. The van der Waals surface area contributed by atoms with Crippen molar-refractivity contribution >= 4 is 33.3 Å². The SMILES string of the molecule is COc1cc(Br)c([C@H]2C(C#N)=C(C)NC3=C2C(=O)C[C@H](c2ccc(Cl)cc2)C3)cc1OC. The van der Waals surface area contributed by atoms with Crippen LogP contribution >= 0.6 is 27.5 Å². The zero-order chi connectivity index (χ0) is 23.0. The fourth-order valence-electron chi connectivity index (χ4n) is 4.56. The Morgan fingerprint density at radius 1 is 1.12 bits per heavy atom. The van der Waals surface area contributed by atoms with Crippen molar-refractivity contribution in [3.05, 3.63) is 79.6 Å². The van der Waals surface area contributed by atoms with Gasteiger partial charge < -0.3 is 14.8 Å². The first-order chi connectivity index (χ1) is 15.4. The van der Waals surface area contributed by atoms with Crippen molar-refractivity contribution in [2.45, 2.75) is 31.6 Å². The molecule has 2 atom stereocenters. The Balaban J connectivity index is 1.83. The molecule has 1 N–H and O–H groups in total. The van der Waals surface area contributed by atoms with E-state index >= 15 is 0 Å². The summed E-state index contributed by atoms with van der Waals surface area (Å²) in [6, 6.07) is 13.6. The average Bonchev–Trinajstić information content (AvgIpc) is 2.78. The van der Waals surface area contributed by atoms with Gasteiger partial charge in [0.25, 0.3) is 0 Å². The van der Waals surface area contributed by atoms with Gasteiger partial charge in [0, 0.05) is 32.9 Å². The Morgan fingerprint density at radius 3 is 2.41 bits per heavy atom. The number of halogens is 2. The Kier molecular flexibility index (Phi) is 6.32. The van der Waals surface area contributed by atoms with Crippen molar-refractivity contribution in [1.82, 2.24) is 5.32 Å². The maximum absolute atomic E-state index is 13.5. The molecule has 2 aromatic carbocycles. The summed E-state index contributed by atoms with van der Waals surface area (Å²) in [5.41, 5.74) is 4.66. The molecule has 1 aliphatic carbocycles. The van der Waals surface area contributed by atoms with Gasteiger partial charge in [-0.25, -0.2) is 0 Å². The normalized spacial score (nSPS) is 20.4. The number of hydrogen-bond donors (Lipinski definition) is 1. The van der Waals surface area contributed by atoms with Gasteiger partial charge in [-0.2, -0.15) is 5.26 Å². The molecule has 1 aliphatic heterocycles. The van der Waals surface area contributed by atoms with Gasteiger partial charge in [-0.05, 0) is 54.7 Å². The first-order valence-corrected chi connectivity index (χ1v) is 11.4. The number of methoxy groups -OCH3 is 2. The highest BCUT2D eigenvalue weighted by Gasteiger charge is 2.40. The summed E-state index contributed by atoms with van der Waals surface area (Å²) in [7, 11) is 3.14. The molecule has 164 valence electrons. The van der Waals surface area contributed by atoms with Crippen LogP contribution in [0.1, 0.15) is 42.7 Å². The van der Waals surface area contributed by atoms with E-state index in [1.165, 1.54) is 0 Å². The molecule has 7 heteroatoms. The Bertz CT molecular complexity index is 1190. The van der Waals surface area contributed by atoms with Gasteiger partial charge >= 0.3 is 0 Å². The van der Waals surface area contributed by atoms with Gasteiger partial charge in [-0.15, -0.1) is 0 Å². The number of rotatable bonds is 4. The molecule has 0 unspecified atom stereocenters. The van der Waals surface area contributed by atoms with Crippen LogP contribution in [0.15, 0.2) is 63.4 Å². The fraction of sp³-hybridized carbons (Fsp3) is 0.280. The zero-order valence-electron chi connectivity index (χ0n) is 18.0. The molecule has 0 fully saturated rings. The van der Waals surface area contributed by atoms with Gasteiger partial charge in [0.15, 0.2) is 17.3 Å². The lowest BCUT2D eigenvalue weighted by molar-refractivity contribution is -0.116. The molecule has 0 bridgehead atoms. The van der Waals surface area contributed by atoms with E-state index in [1.54, 1.807) is 14.2 Å². The van der Waals surface area contributed by atoms with Crippen LogP contribution in [-0.2, 0) is 4.79 Å². The minimum absolute atomic E-state index is 0.0330. The number of nitrogens with zero attached hydrogens (tertiary/aromatic N) is 1. The van der Waals surface area contributed by atoms with E-state index in [1.807, 2.05) is 43.3 Å². The number of benzene rings is 2. The Labute approximate surface area is 200 Å². The molecule has 0 aromatic heterocycles. The van der Waals surface area contributed by atoms with Gasteiger partial charge in [-0.1, -0.05) is 39.7 Å². The third-order valence-electron chi connectivity index (χ3n) is 6.10. The molecule has 4 rings (SSSR count). The van der Waals surface area contributed by atoms with E-state index in [2.05, 4.69) is 27.3 Å². The maximum Gasteiger partial charge on any atom is 0.162 e. The van der Waals surface area contributed by atoms with E-state index in [0.717, 1.165) is 27.0 Å². The van der Waals surface area contributed by atoms with Gasteiger partial charge in [0.1, 0.15) is 0 Å². The van der Waals surface area contributed by atoms with E-state index in [9.17, 15) is 10.1 Å². The predicted octanol–water partition coefficient (Wildman–Crippen LogP) is 6.00. The third kappa shape index (κ3) is 3.92. The predicted molar refractivity (Wildman–Crippen MR) is 127 cm³/mol. The topological polar surface area (TPSA) is 71.3 Å². The van der Waals surface area contributed by atoms with Crippen molar-refractivity contribution in [3.63, 3.8) is 0 Å². The van der Waals surface area contributed by atoms with Gasteiger partial charge in [0.05, 0.1) is 31.8 Å². The number of nitriles is 1. The molecule has 2 aliphatic rings. The number of carbonyl (C=O) groups excluding carboxylic acids is 1. The highest BCUT2D eigenvalue weighted by molar-refractivity contribution is 9.10. The van der Waals surface area contributed by atoms with Crippen LogP contribution in [0.25, 0.3) is 0 Å². The largest absolute Gasteiger partial charge is 0.493 e. The maximum atomic E-state index is 13.5. The average molecular weight is 514 g/mol. The van der Waals surface area contributed by atoms with E-state index < -0.39 is 5.92 Å². The first-order valence-electron chi connectivity index (χ1n) is 10.2. The smallest absolute Gasteiger partial charge is 0.162 e. The van der Waals surface area contributed by atoms with E-state index in [-0.39, 0.29) is 11.7 Å². The lowest BCUT2D eigenvalue weighted by Crippen LogP contribution is -2.33. The van der Waals surface area contributed by atoms with Crippen molar-refractivity contribution < 1.29 is 14.3 Å². The van der Waals surface area contributed by atoms with Crippen LogP contribution in [-0.4, -0.2) is 20.0 Å². The summed E-state index contributed by atoms with van der Waals surface area (Å²) in [4.78, 5) is 13.5. The molecule has 0 saturated heterocycles. The quantitative estimate of drug-likeness (QED) is 0.542. The van der Waals surface area contributed by atoms with E-state index in [0.29, 0.717) is 40.5 Å². The van der Waals surface area contributed by atoms with Gasteiger partial charge in [-0.3, -0.25) is 4.79 Å². The molecular formula is C25H22BrClN2O3. The van der Waals surface area contributed by atoms with Crippen LogP contribution in [0.5, 0.6) is 11.5 Å². The summed E-state index contributed by atoms with van der Waals surface area (Å²) in [5.74, 6) is 0.721.